The third-order valence-corrected chi connectivity index (χ3v) is 12.8. The van der Waals surface area contributed by atoms with Gasteiger partial charge in [0, 0.05) is 17.4 Å². The van der Waals surface area contributed by atoms with Gasteiger partial charge in [0.1, 0.15) is 6.07 Å². The van der Waals surface area contributed by atoms with Crippen LogP contribution in [0.2, 0.25) is 0 Å². The second kappa shape index (κ2) is 8.29. The highest BCUT2D eigenvalue weighted by Crippen LogP contribution is 2.75. The molecule has 2 N–H and O–H groups in total. The molecule has 5 rings (SSSR count). The van der Waals surface area contributed by atoms with Gasteiger partial charge in [0.05, 0.1) is 17.1 Å². The molecule has 208 valence electrons. The number of hydrogen-bond donors (Lipinski definition) is 2. The van der Waals surface area contributed by atoms with Crippen LogP contribution in [0.3, 0.4) is 0 Å². The summed E-state index contributed by atoms with van der Waals surface area (Å²) in [6, 6.07) is 2.21. The van der Waals surface area contributed by atoms with Gasteiger partial charge in [0.15, 0.2) is 5.78 Å². The number of rotatable bonds is 2. The van der Waals surface area contributed by atoms with Gasteiger partial charge in [-0.1, -0.05) is 66.2 Å². The third kappa shape index (κ3) is 3.31. The van der Waals surface area contributed by atoms with Crippen LogP contribution in [0, 0.1) is 61.6 Å². The topological polar surface area (TPSA) is 90.2 Å². The summed E-state index contributed by atoms with van der Waals surface area (Å²) in [7, 11) is 0. The van der Waals surface area contributed by atoms with Gasteiger partial charge in [-0.3, -0.25) is 9.59 Å². The predicted molar refractivity (Wildman–Crippen MR) is 149 cm³/mol. The molecule has 1 amide bonds. The van der Waals surface area contributed by atoms with Crippen molar-refractivity contribution >= 4 is 11.7 Å². The molecule has 5 aliphatic rings. The summed E-state index contributed by atoms with van der Waals surface area (Å²) in [5.41, 5.74) is -0.306. The number of nitrogens with one attached hydrogen (secondary N) is 1. The van der Waals surface area contributed by atoms with E-state index >= 15 is 0 Å². The second-order valence-corrected chi connectivity index (χ2v) is 15.4. The lowest BCUT2D eigenvalue weighted by Crippen LogP contribution is -2.67. The molecule has 0 aliphatic heterocycles. The van der Waals surface area contributed by atoms with E-state index in [1.54, 1.807) is 0 Å². The Labute approximate surface area is 229 Å². The summed E-state index contributed by atoms with van der Waals surface area (Å²) in [5, 5.41) is 25.2. The van der Waals surface area contributed by atoms with Gasteiger partial charge in [0.2, 0.25) is 5.91 Å². The van der Waals surface area contributed by atoms with E-state index in [9.17, 15) is 20.0 Å². The van der Waals surface area contributed by atoms with Crippen LogP contribution >= 0.6 is 0 Å². The number of nitriles is 1. The summed E-state index contributed by atoms with van der Waals surface area (Å²) in [6.07, 6.45) is 9.87. The lowest BCUT2D eigenvalue weighted by Gasteiger charge is -2.70. The number of Topliss-reactive ketones (excluding diaryl/α,β-unsaturated/α-hetero) is 1. The van der Waals surface area contributed by atoms with Gasteiger partial charge < -0.3 is 10.4 Å². The van der Waals surface area contributed by atoms with Crippen molar-refractivity contribution in [3.63, 3.8) is 0 Å². The Morgan fingerprint density at radius 1 is 1.08 bits per heavy atom. The number of fused-ring (bicyclic) bond motifs is 7. The number of nitrogens with zero attached hydrogens (tertiary/aromatic N) is 1. The van der Waals surface area contributed by atoms with Gasteiger partial charge in [-0.15, -0.1) is 0 Å². The third-order valence-electron chi connectivity index (χ3n) is 12.8. The molecule has 0 aromatic heterocycles. The lowest BCUT2D eigenvalue weighted by molar-refractivity contribution is -0.191. The van der Waals surface area contributed by atoms with Crippen molar-refractivity contribution in [1.29, 1.82) is 5.26 Å². The number of ketones is 1. The first-order chi connectivity index (χ1) is 17.5. The van der Waals surface area contributed by atoms with Crippen molar-refractivity contribution in [2.45, 2.75) is 106 Å². The maximum Gasteiger partial charge on any atom is 0.226 e. The molecule has 0 aromatic rings. The second-order valence-electron chi connectivity index (χ2n) is 15.4. The summed E-state index contributed by atoms with van der Waals surface area (Å²) in [6.45, 7) is 18.2. The van der Waals surface area contributed by atoms with Gasteiger partial charge in [-0.2, -0.15) is 5.26 Å². The molecule has 0 saturated heterocycles. The van der Waals surface area contributed by atoms with Crippen LogP contribution in [-0.4, -0.2) is 29.4 Å². The summed E-state index contributed by atoms with van der Waals surface area (Å²) in [5.74, 6) is 0.310. The van der Waals surface area contributed by atoms with Crippen LogP contribution in [0.15, 0.2) is 23.3 Å². The Morgan fingerprint density at radius 2 is 1.74 bits per heavy atom. The van der Waals surface area contributed by atoms with E-state index in [-0.39, 0.29) is 51.3 Å². The largest absolute Gasteiger partial charge is 0.389 e. The summed E-state index contributed by atoms with van der Waals surface area (Å²) >= 11 is 0. The lowest BCUT2D eigenvalue weighted by atomic mass is 9.34. The first-order valence-electron chi connectivity index (χ1n) is 14.9. The highest BCUT2D eigenvalue weighted by atomic mass is 16.3. The fraction of sp³-hybridized carbons (Fsp3) is 0.788. The van der Waals surface area contributed by atoms with Crippen LogP contribution < -0.4 is 5.32 Å². The van der Waals surface area contributed by atoms with E-state index in [4.69, 9.17) is 0 Å². The minimum absolute atomic E-state index is 0.00928. The van der Waals surface area contributed by atoms with Gasteiger partial charge in [0.25, 0.3) is 0 Å². The number of hydrogen-bond acceptors (Lipinski definition) is 4. The van der Waals surface area contributed by atoms with E-state index in [1.807, 2.05) is 26.8 Å². The first kappa shape index (κ1) is 27.6. The van der Waals surface area contributed by atoms with Crippen molar-refractivity contribution in [1.82, 2.24) is 5.32 Å². The van der Waals surface area contributed by atoms with Gasteiger partial charge in [-0.05, 0) is 85.9 Å². The van der Waals surface area contributed by atoms with E-state index in [1.165, 1.54) is 5.57 Å². The van der Waals surface area contributed by atoms with Crippen molar-refractivity contribution in [3.8, 4) is 6.07 Å². The quantitative estimate of drug-likeness (QED) is 0.428. The van der Waals surface area contributed by atoms with Crippen LogP contribution in [0.5, 0.6) is 0 Å². The molecule has 3 saturated carbocycles. The Morgan fingerprint density at radius 3 is 2.37 bits per heavy atom. The average Bonchev–Trinajstić information content (AvgIpc) is 2.82. The number of carbonyl (C=O) groups excluding carboxylic acids is 2. The minimum Gasteiger partial charge on any atom is -0.389 e. The average molecular weight is 521 g/mol. The highest BCUT2D eigenvalue weighted by molar-refractivity contribution is 6.04. The number of aliphatic hydroxyl groups is 1. The van der Waals surface area contributed by atoms with E-state index in [0.29, 0.717) is 6.54 Å². The molecular formula is C33H48N2O3. The Balaban J connectivity index is 1.68. The first-order valence-corrected chi connectivity index (χ1v) is 14.9. The molecule has 0 bridgehead atoms. The maximum absolute atomic E-state index is 13.7. The van der Waals surface area contributed by atoms with Crippen LogP contribution in [0.25, 0.3) is 0 Å². The fourth-order valence-corrected chi connectivity index (χ4v) is 10.6. The number of allylic oxidation sites excluding steroid dienone is 3. The zero-order valence-corrected chi connectivity index (χ0v) is 24.8. The Kier molecular flexibility index (Phi) is 6.03. The van der Waals surface area contributed by atoms with Crippen molar-refractivity contribution in [3.05, 3.63) is 23.3 Å². The summed E-state index contributed by atoms with van der Waals surface area (Å²) < 4.78 is 0. The molecule has 5 heteroatoms. The summed E-state index contributed by atoms with van der Waals surface area (Å²) in [4.78, 5) is 27.0. The van der Waals surface area contributed by atoms with E-state index in [2.05, 4.69) is 52.1 Å². The molecule has 5 nitrogen and oxygen atoms in total. The number of aliphatic hydroxyl groups excluding tert-OH is 1. The van der Waals surface area contributed by atoms with E-state index < -0.39 is 22.3 Å². The molecule has 0 radical (unpaired) electrons. The Bertz CT molecular complexity index is 1170. The minimum atomic E-state index is -0.661. The van der Waals surface area contributed by atoms with Crippen molar-refractivity contribution < 1.29 is 14.7 Å². The smallest absolute Gasteiger partial charge is 0.226 e. The SMILES string of the molecule is CCNC(=O)[C@]12CCC(C)(C)CC1C1C(O)C=C3[C@@]4(C)C=C(C#N)C(=O)C(C)(C)[C@@H]4CC[C@@]3(C)[C@]1(C)CC2. The van der Waals surface area contributed by atoms with Crippen LogP contribution in [0.4, 0.5) is 0 Å². The number of carbonyl (C=O) groups is 2. The molecule has 8 atom stereocenters. The molecule has 3 fully saturated rings. The van der Waals surface area contributed by atoms with Gasteiger partial charge in [-0.25, -0.2) is 0 Å². The maximum atomic E-state index is 13.7. The van der Waals surface area contributed by atoms with Crippen LogP contribution in [0.1, 0.15) is 100 Å². The molecule has 0 heterocycles. The zero-order valence-electron chi connectivity index (χ0n) is 24.8. The predicted octanol–water partition coefficient (Wildman–Crippen LogP) is 6.13. The van der Waals surface area contributed by atoms with Crippen LogP contribution in [-0.2, 0) is 9.59 Å². The Hall–Kier alpha value is -1.93. The highest BCUT2D eigenvalue weighted by Gasteiger charge is 2.70. The van der Waals surface area contributed by atoms with Gasteiger partial charge >= 0.3 is 0 Å². The molecule has 0 aromatic carbocycles. The fourth-order valence-electron chi connectivity index (χ4n) is 10.6. The van der Waals surface area contributed by atoms with E-state index in [0.717, 1.165) is 44.9 Å². The number of amides is 1. The molecule has 5 aliphatic carbocycles. The molecule has 38 heavy (non-hydrogen) atoms. The monoisotopic (exact) mass is 520 g/mol. The van der Waals surface area contributed by atoms with Crippen molar-refractivity contribution in [2.75, 3.05) is 6.54 Å². The molecule has 3 unspecified atom stereocenters. The zero-order chi connectivity index (χ0) is 28.1. The molecule has 0 spiro atoms. The normalized spacial score (nSPS) is 46.7. The van der Waals surface area contributed by atoms with Crippen molar-refractivity contribution in [2.24, 2.45) is 50.2 Å². The standard InChI is InChI=1S/C33H48N2O3/c1-9-35-27(38)33-14-12-28(2,3)18-21(33)25-22(36)16-24-30(6)17-20(19-34)26(37)29(4,5)23(30)10-11-31(24,7)32(25,8)13-15-33/h16-17,21-23,25,36H,9-15,18H2,1-8H3,(H,35,38)/t21?,22?,23-,25?,30-,31+,32+,33-/m0/s1. The molecular weight excluding hydrogens is 472 g/mol.